The van der Waals surface area contributed by atoms with Crippen molar-refractivity contribution in [2.75, 3.05) is 30.3 Å². The first-order valence-electron chi connectivity index (χ1n) is 6.53. The summed E-state index contributed by atoms with van der Waals surface area (Å²) in [6.07, 6.45) is 1.11. The van der Waals surface area contributed by atoms with Gasteiger partial charge in [0.1, 0.15) is 0 Å². The molecule has 1 fully saturated rings. The van der Waals surface area contributed by atoms with E-state index >= 15 is 0 Å². The van der Waals surface area contributed by atoms with Gasteiger partial charge in [-0.05, 0) is 26.8 Å². The van der Waals surface area contributed by atoms with E-state index in [1.165, 1.54) is 0 Å². The number of anilines is 1. The second kappa shape index (κ2) is 5.93. The number of nitrogens with one attached hydrogen (secondary N) is 1. The number of hydrogen-bond donors (Lipinski definition) is 1. The van der Waals surface area contributed by atoms with Gasteiger partial charge in [-0.15, -0.1) is 5.10 Å². The fraction of sp³-hybridized carbons (Fsp3) is 0.833. The molecule has 1 aromatic rings. The molecule has 0 radical (unpaired) electrons. The van der Waals surface area contributed by atoms with Gasteiger partial charge in [0.2, 0.25) is 5.89 Å². The maximum atomic E-state index is 5.69. The second-order valence-corrected chi connectivity index (χ2v) is 6.99. The number of rotatable bonds is 5. The Morgan fingerprint density at radius 2 is 2.28 bits per heavy atom. The van der Waals surface area contributed by atoms with E-state index < -0.39 is 0 Å². The van der Waals surface area contributed by atoms with Gasteiger partial charge in [0.05, 0.1) is 6.54 Å². The molecule has 18 heavy (non-hydrogen) atoms. The molecule has 2 rings (SSSR count). The van der Waals surface area contributed by atoms with Gasteiger partial charge < -0.3 is 14.6 Å². The highest BCUT2D eigenvalue weighted by atomic mass is 32.2. The van der Waals surface area contributed by atoms with Gasteiger partial charge in [0, 0.05) is 23.6 Å². The van der Waals surface area contributed by atoms with Gasteiger partial charge in [-0.3, -0.25) is 0 Å². The highest BCUT2D eigenvalue weighted by Gasteiger charge is 2.29. The van der Waals surface area contributed by atoms with Gasteiger partial charge in [0.25, 0.3) is 0 Å². The summed E-state index contributed by atoms with van der Waals surface area (Å²) >= 11 is 2.00. The molecule has 0 aliphatic carbocycles. The summed E-state index contributed by atoms with van der Waals surface area (Å²) in [5.74, 6) is 1.79. The van der Waals surface area contributed by atoms with Gasteiger partial charge in [-0.1, -0.05) is 12.0 Å². The molecule has 0 saturated carbocycles. The summed E-state index contributed by atoms with van der Waals surface area (Å²) in [7, 11) is 0. The van der Waals surface area contributed by atoms with E-state index in [2.05, 4.69) is 41.2 Å². The number of aromatic nitrogens is 2. The van der Waals surface area contributed by atoms with Crippen LogP contribution in [0.1, 0.15) is 33.1 Å². The first kappa shape index (κ1) is 13.7. The third kappa shape index (κ3) is 3.62. The van der Waals surface area contributed by atoms with E-state index in [-0.39, 0.29) is 4.75 Å². The summed E-state index contributed by atoms with van der Waals surface area (Å²) < 4.78 is 5.95. The Bertz CT molecular complexity index is 380. The summed E-state index contributed by atoms with van der Waals surface area (Å²) in [6, 6.07) is 0.664. The van der Waals surface area contributed by atoms with Crippen LogP contribution in [0.25, 0.3) is 0 Å². The normalized spacial score (nSPS) is 19.2. The van der Waals surface area contributed by atoms with Crippen LogP contribution in [-0.4, -0.2) is 40.3 Å². The van der Waals surface area contributed by atoms with Gasteiger partial charge in [0.15, 0.2) is 0 Å². The molecular weight excluding hydrogens is 248 g/mol. The van der Waals surface area contributed by atoms with Crippen LogP contribution in [0.15, 0.2) is 4.42 Å². The van der Waals surface area contributed by atoms with Crippen molar-refractivity contribution in [2.45, 2.75) is 38.5 Å². The van der Waals surface area contributed by atoms with E-state index in [0.29, 0.717) is 18.5 Å². The molecule has 0 bridgehead atoms. The Balaban J connectivity index is 1.92. The molecule has 0 spiro atoms. The average molecular weight is 270 g/mol. The smallest absolute Gasteiger partial charge is 0.318 e. The lowest BCUT2D eigenvalue weighted by Crippen LogP contribution is -2.43. The van der Waals surface area contributed by atoms with Crippen LogP contribution >= 0.6 is 11.8 Å². The number of nitrogens with zero attached hydrogens (tertiary/aromatic N) is 3. The van der Waals surface area contributed by atoms with E-state index in [4.69, 9.17) is 4.42 Å². The molecule has 6 heteroatoms. The third-order valence-corrected chi connectivity index (χ3v) is 4.15. The number of hydrogen-bond acceptors (Lipinski definition) is 6. The quantitative estimate of drug-likeness (QED) is 0.825. The van der Waals surface area contributed by atoms with E-state index in [1.54, 1.807) is 0 Å². The zero-order valence-electron chi connectivity index (χ0n) is 11.4. The van der Waals surface area contributed by atoms with Crippen molar-refractivity contribution in [3.63, 3.8) is 0 Å². The van der Waals surface area contributed by atoms with Crippen molar-refractivity contribution in [1.82, 2.24) is 15.5 Å². The summed E-state index contributed by atoms with van der Waals surface area (Å²) in [4.78, 5) is 2.19. The standard InChI is InChI=1S/C12H22N4OS/c1-4-5-13-8-10-14-15-11(17-10)16-6-7-18-12(2,3)9-16/h13H,4-9H2,1-3H3. The molecule has 0 atom stereocenters. The second-order valence-electron chi connectivity index (χ2n) is 5.18. The van der Waals surface area contributed by atoms with Crippen molar-refractivity contribution in [2.24, 2.45) is 0 Å². The van der Waals surface area contributed by atoms with Crippen LogP contribution in [0.2, 0.25) is 0 Å². The van der Waals surface area contributed by atoms with Crippen LogP contribution in [0, 0.1) is 0 Å². The number of thioether (sulfide) groups is 1. The minimum atomic E-state index is 0.257. The molecule has 1 aliphatic rings. The maximum absolute atomic E-state index is 5.69. The molecule has 0 aromatic carbocycles. The molecule has 2 heterocycles. The van der Waals surface area contributed by atoms with Crippen molar-refractivity contribution < 1.29 is 4.42 Å². The van der Waals surface area contributed by atoms with Gasteiger partial charge in [-0.2, -0.15) is 11.8 Å². The monoisotopic (exact) mass is 270 g/mol. The molecule has 5 nitrogen and oxygen atoms in total. The Morgan fingerprint density at radius 3 is 3.00 bits per heavy atom. The molecule has 1 N–H and O–H groups in total. The zero-order chi connectivity index (χ0) is 13.0. The lowest BCUT2D eigenvalue weighted by molar-refractivity contribution is 0.455. The zero-order valence-corrected chi connectivity index (χ0v) is 12.2. The Labute approximate surface area is 113 Å². The summed E-state index contributed by atoms with van der Waals surface area (Å²) in [5.41, 5.74) is 0. The van der Waals surface area contributed by atoms with Crippen molar-refractivity contribution in [1.29, 1.82) is 0 Å². The Kier molecular flexibility index (Phi) is 4.50. The average Bonchev–Trinajstić information content (AvgIpc) is 2.77. The van der Waals surface area contributed by atoms with Crippen LogP contribution < -0.4 is 10.2 Å². The van der Waals surface area contributed by atoms with Crippen molar-refractivity contribution >= 4 is 17.8 Å². The molecule has 0 amide bonds. The SMILES string of the molecule is CCCNCc1nnc(N2CCSC(C)(C)C2)o1. The van der Waals surface area contributed by atoms with Crippen LogP contribution in [-0.2, 0) is 6.54 Å². The van der Waals surface area contributed by atoms with Crippen LogP contribution in [0.4, 0.5) is 6.01 Å². The predicted octanol–water partition coefficient (Wildman–Crippen LogP) is 1.90. The minimum Gasteiger partial charge on any atom is -0.407 e. The highest BCUT2D eigenvalue weighted by Crippen LogP contribution is 2.31. The van der Waals surface area contributed by atoms with E-state index in [0.717, 1.165) is 31.8 Å². The fourth-order valence-electron chi connectivity index (χ4n) is 2.00. The van der Waals surface area contributed by atoms with Crippen LogP contribution in [0.5, 0.6) is 0 Å². The summed E-state index contributed by atoms with van der Waals surface area (Å²) in [5, 5.41) is 11.5. The first-order chi connectivity index (χ1) is 8.61. The highest BCUT2D eigenvalue weighted by molar-refractivity contribution is 8.00. The predicted molar refractivity (Wildman–Crippen MR) is 75.0 cm³/mol. The van der Waals surface area contributed by atoms with E-state index in [9.17, 15) is 0 Å². The van der Waals surface area contributed by atoms with Crippen molar-refractivity contribution in [3.05, 3.63) is 5.89 Å². The molecule has 1 aliphatic heterocycles. The fourth-order valence-corrected chi connectivity index (χ4v) is 3.11. The lowest BCUT2D eigenvalue weighted by Gasteiger charge is -2.36. The molecular formula is C12H22N4OS. The maximum Gasteiger partial charge on any atom is 0.318 e. The molecule has 1 saturated heterocycles. The first-order valence-corrected chi connectivity index (χ1v) is 7.51. The molecule has 102 valence electrons. The third-order valence-electron chi connectivity index (χ3n) is 2.86. The van der Waals surface area contributed by atoms with Crippen molar-refractivity contribution in [3.8, 4) is 0 Å². The molecule has 1 aromatic heterocycles. The topological polar surface area (TPSA) is 54.2 Å². The molecule has 0 unspecified atom stereocenters. The summed E-state index contributed by atoms with van der Waals surface area (Å²) in [6.45, 7) is 10.2. The Morgan fingerprint density at radius 1 is 1.44 bits per heavy atom. The minimum absolute atomic E-state index is 0.257. The largest absolute Gasteiger partial charge is 0.407 e. The van der Waals surface area contributed by atoms with E-state index in [1.807, 2.05) is 11.8 Å². The lowest BCUT2D eigenvalue weighted by atomic mass is 10.2. The van der Waals surface area contributed by atoms with Crippen LogP contribution in [0.3, 0.4) is 0 Å². The van der Waals surface area contributed by atoms with Gasteiger partial charge >= 0.3 is 6.01 Å². The van der Waals surface area contributed by atoms with Gasteiger partial charge in [-0.25, -0.2) is 0 Å². The Hall–Kier alpha value is -0.750.